The molecule has 0 atom stereocenters. The summed E-state index contributed by atoms with van der Waals surface area (Å²) in [6.45, 7) is 21.5. The molecule has 0 saturated carbocycles. The second-order valence-electron chi connectivity index (χ2n) is 9.71. The van der Waals surface area contributed by atoms with Crippen LogP contribution in [0.5, 0.6) is 0 Å². The quantitative estimate of drug-likeness (QED) is 0.338. The zero-order valence-electron chi connectivity index (χ0n) is 18.8. The van der Waals surface area contributed by atoms with Crippen LogP contribution in [0, 0.1) is 6.07 Å². The molecule has 0 unspecified atom stereocenters. The SMILES string of the molecule is CC(C)(C)P(C(C)(C)C)C(C)(C)C.Nc1ccccc1-c1[c]cccc1.[Cl-].[Pd]. The molecule has 0 fully saturated rings. The van der Waals surface area contributed by atoms with E-state index in [0.29, 0.717) is 15.5 Å². The Labute approximate surface area is 195 Å². The van der Waals surface area contributed by atoms with E-state index in [0.717, 1.165) is 16.8 Å². The zero-order chi connectivity index (χ0) is 20.2. The number of hydrogen-bond acceptors (Lipinski definition) is 1. The van der Waals surface area contributed by atoms with Crippen molar-refractivity contribution < 1.29 is 32.8 Å². The average Bonchev–Trinajstić information content (AvgIpc) is 2.44. The van der Waals surface area contributed by atoms with E-state index in [2.05, 4.69) is 68.4 Å². The summed E-state index contributed by atoms with van der Waals surface area (Å²) >= 11 is 0. The number of benzene rings is 2. The van der Waals surface area contributed by atoms with Crippen molar-refractivity contribution in [3.8, 4) is 11.1 Å². The molecule has 0 aliphatic rings. The van der Waals surface area contributed by atoms with Gasteiger partial charge in [-0.3, -0.25) is 0 Å². The summed E-state index contributed by atoms with van der Waals surface area (Å²) < 4.78 is 0. The molecule has 0 aliphatic carbocycles. The molecule has 0 bridgehead atoms. The van der Waals surface area contributed by atoms with Gasteiger partial charge in [0.15, 0.2) is 0 Å². The molecule has 161 valence electrons. The molecule has 0 aliphatic heterocycles. The van der Waals surface area contributed by atoms with Gasteiger partial charge in [-0.05, 0) is 33.2 Å². The average molecular weight is 512 g/mol. The maximum Gasteiger partial charge on any atom is 0.0393 e. The van der Waals surface area contributed by atoms with Crippen LogP contribution in [0.15, 0.2) is 48.5 Å². The van der Waals surface area contributed by atoms with Crippen LogP contribution in [0.25, 0.3) is 11.1 Å². The van der Waals surface area contributed by atoms with Gasteiger partial charge in [-0.25, -0.2) is 0 Å². The van der Waals surface area contributed by atoms with E-state index >= 15 is 0 Å². The van der Waals surface area contributed by atoms with Crippen molar-refractivity contribution >= 4 is 13.6 Å². The smallest absolute Gasteiger partial charge is 0.0393 e. The molecule has 2 aromatic carbocycles. The van der Waals surface area contributed by atoms with E-state index in [1.165, 1.54) is 0 Å². The third-order valence-corrected chi connectivity index (χ3v) is 8.00. The molecule has 0 saturated heterocycles. The monoisotopic (exact) mass is 511 g/mol. The summed E-state index contributed by atoms with van der Waals surface area (Å²) in [6.07, 6.45) is 0. The van der Waals surface area contributed by atoms with Gasteiger partial charge in [-0.1, -0.05) is 113 Å². The van der Waals surface area contributed by atoms with Crippen LogP contribution in [0.4, 0.5) is 5.69 Å². The molecule has 0 spiro atoms. The van der Waals surface area contributed by atoms with Crippen molar-refractivity contribution in [3.05, 3.63) is 54.6 Å². The first-order chi connectivity index (χ1) is 11.7. The van der Waals surface area contributed by atoms with Crippen LogP contribution in [-0.2, 0) is 20.4 Å². The van der Waals surface area contributed by atoms with Gasteiger partial charge in [-0.15, -0.1) is 0 Å². The Balaban J connectivity index is 0. The van der Waals surface area contributed by atoms with Gasteiger partial charge in [0.1, 0.15) is 0 Å². The first-order valence-corrected chi connectivity index (χ1v) is 10.7. The number of anilines is 1. The van der Waals surface area contributed by atoms with Crippen molar-refractivity contribution in [1.82, 2.24) is 0 Å². The Kier molecular flexibility index (Phi) is 12.5. The molecule has 0 aromatic heterocycles. The Morgan fingerprint density at radius 1 is 0.714 bits per heavy atom. The standard InChI is InChI=1S/C12H10N.C12H27P.ClH.Pd/c13-12-9-5-4-8-11(12)10-6-2-1-3-7-10;1-10(2,3)13(11(4,5)6)12(7,8)9;;/h1-6,8-9H,13H2;1-9H3;1H;/p-1. The van der Waals surface area contributed by atoms with Gasteiger partial charge >= 0.3 is 0 Å². The number of para-hydroxylation sites is 1. The van der Waals surface area contributed by atoms with Crippen LogP contribution < -0.4 is 18.1 Å². The van der Waals surface area contributed by atoms with Gasteiger partial charge in [-0.2, -0.15) is 0 Å². The fourth-order valence-corrected chi connectivity index (χ4v) is 10.4. The molecular weight excluding hydrogens is 475 g/mol. The molecule has 4 heteroatoms. The summed E-state index contributed by atoms with van der Waals surface area (Å²) in [4.78, 5) is 0. The minimum Gasteiger partial charge on any atom is -1.00 e. The van der Waals surface area contributed by atoms with Crippen molar-refractivity contribution in [2.45, 2.75) is 77.8 Å². The van der Waals surface area contributed by atoms with Crippen LogP contribution >= 0.6 is 7.92 Å². The molecule has 28 heavy (non-hydrogen) atoms. The minimum absolute atomic E-state index is 0. The van der Waals surface area contributed by atoms with E-state index in [4.69, 9.17) is 5.73 Å². The van der Waals surface area contributed by atoms with Crippen molar-refractivity contribution in [3.63, 3.8) is 0 Å². The maximum atomic E-state index is 5.83. The molecule has 1 radical (unpaired) electrons. The largest absolute Gasteiger partial charge is 1.00 e. The first-order valence-electron chi connectivity index (χ1n) is 9.36. The zero-order valence-corrected chi connectivity index (χ0v) is 22.0. The van der Waals surface area contributed by atoms with E-state index in [1.807, 2.05) is 48.5 Å². The maximum absolute atomic E-state index is 5.83. The van der Waals surface area contributed by atoms with E-state index < -0.39 is 0 Å². The van der Waals surface area contributed by atoms with Gasteiger partial charge < -0.3 is 18.1 Å². The van der Waals surface area contributed by atoms with Gasteiger partial charge in [0.05, 0.1) is 0 Å². The predicted octanol–water partition coefficient (Wildman–Crippen LogP) is 4.60. The molecular formula is C24H37ClNPPd-. The summed E-state index contributed by atoms with van der Waals surface area (Å²) in [5, 5.41) is 1.35. The van der Waals surface area contributed by atoms with Crippen molar-refractivity contribution in [2.24, 2.45) is 0 Å². The van der Waals surface area contributed by atoms with E-state index in [9.17, 15) is 0 Å². The van der Waals surface area contributed by atoms with E-state index in [1.54, 1.807) is 0 Å². The second-order valence-corrected chi connectivity index (χ2v) is 14.4. The Hall–Kier alpha value is -0.378. The summed E-state index contributed by atoms with van der Waals surface area (Å²) in [7, 11) is 0.0162. The number of nitrogens with two attached hydrogens (primary N) is 1. The number of halogens is 1. The Morgan fingerprint density at radius 2 is 1.14 bits per heavy atom. The number of nitrogen functional groups attached to an aromatic ring is 1. The molecule has 2 rings (SSSR count). The van der Waals surface area contributed by atoms with Gasteiger partial charge in [0.2, 0.25) is 0 Å². The van der Waals surface area contributed by atoms with Crippen LogP contribution in [0.2, 0.25) is 0 Å². The van der Waals surface area contributed by atoms with Crippen LogP contribution in [0.1, 0.15) is 62.3 Å². The van der Waals surface area contributed by atoms with Crippen LogP contribution in [-0.4, -0.2) is 15.5 Å². The summed E-state index contributed by atoms with van der Waals surface area (Å²) in [5.74, 6) is 0. The number of hydrogen-bond donors (Lipinski definition) is 1. The molecule has 0 heterocycles. The molecule has 2 N–H and O–H groups in total. The Bertz CT molecular complexity index is 649. The minimum atomic E-state index is 0. The predicted molar refractivity (Wildman–Crippen MR) is 121 cm³/mol. The topological polar surface area (TPSA) is 26.0 Å². The molecule has 2 aromatic rings. The molecule has 0 amide bonds. The van der Waals surface area contributed by atoms with E-state index in [-0.39, 0.29) is 40.8 Å². The normalized spacial score (nSPS) is 11.6. The summed E-state index contributed by atoms with van der Waals surface area (Å²) in [6, 6.07) is 18.8. The third-order valence-electron chi connectivity index (χ3n) is 3.97. The third kappa shape index (κ3) is 9.41. The fourth-order valence-electron chi connectivity index (χ4n) is 4.32. The van der Waals surface area contributed by atoms with Crippen molar-refractivity contribution in [1.29, 1.82) is 0 Å². The van der Waals surface area contributed by atoms with Gasteiger partial charge in [0, 0.05) is 31.7 Å². The first kappa shape index (κ1) is 29.8. The fraction of sp³-hybridized carbons (Fsp3) is 0.500. The van der Waals surface area contributed by atoms with Crippen LogP contribution in [0.3, 0.4) is 0 Å². The number of rotatable bonds is 1. The second kappa shape index (κ2) is 11.7. The molecule has 1 nitrogen and oxygen atoms in total. The van der Waals surface area contributed by atoms with Gasteiger partial charge in [0.25, 0.3) is 0 Å². The summed E-state index contributed by atoms with van der Waals surface area (Å²) in [5.41, 5.74) is 8.72. The van der Waals surface area contributed by atoms with Crippen molar-refractivity contribution in [2.75, 3.05) is 5.73 Å². The Morgan fingerprint density at radius 3 is 1.46 bits per heavy atom.